The molecule has 2 heterocycles. The van der Waals surface area contributed by atoms with Crippen molar-refractivity contribution in [3.63, 3.8) is 0 Å². The lowest BCUT2D eigenvalue weighted by Gasteiger charge is -2.44. The Morgan fingerprint density at radius 1 is 1.00 bits per heavy atom. The standard InChI is InChI=1S/C20H25N3/c1-22-14-20(18-9-5-4-8-17(18)19(22)12-21)23-11-10-15-6-2-3-7-16(15)13-23/h2-9,19-20H,10-14,21H2,1H3. The second kappa shape index (κ2) is 6.08. The number of fused-ring (bicyclic) bond motifs is 2. The SMILES string of the molecule is CN1CC(N2CCc3ccccc3C2)c2ccccc2C1CN. The van der Waals surface area contributed by atoms with E-state index in [-0.39, 0.29) is 0 Å². The molecule has 2 aliphatic heterocycles. The molecule has 2 unspecified atom stereocenters. The van der Waals surface area contributed by atoms with Crippen LogP contribution in [0.2, 0.25) is 0 Å². The fourth-order valence-corrected chi connectivity index (χ4v) is 4.26. The minimum Gasteiger partial charge on any atom is -0.329 e. The first-order valence-electron chi connectivity index (χ1n) is 8.58. The van der Waals surface area contributed by atoms with Crippen LogP contribution >= 0.6 is 0 Å². The predicted octanol–water partition coefficient (Wildman–Crippen LogP) is 2.73. The maximum absolute atomic E-state index is 6.04. The van der Waals surface area contributed by atoms with E-state index in [9.17, 15) is 0 Å². The van der Waals surface area contributed by atoms with Gasteiger partial charge in [-0.1, -0.05) is 48.5 Å². The first kappa shape index (κ1) is 14.9. The number of nitrogens with two attached hydrogens (primary N) is 1. The van der Waals surface area contributed by atoms with E-state index in [2.05, 4.69) is 65.4 Å². The van der Waals surface area contributed by atoms with Crippen LogP contribution in [-0.2, 0) is 13.0 Å². The van der Waals surface area contributed by atoms with E-state index in [1.165, 1.54) is 22.3 Å². The van der Waals surface area contributed by atoms with Crippen molar-refractivity contribution in [2.24, 2.45) is 5.73 Å². The van der Waals surface area contributed by atoms with Crippen LogP contribution in [0.4, 0.5) is 0 Å². The van der Waals surface area contributed by atoms with Crippen molar-refractivity contribution < 1.29 is 0 Å². The third-order valence-electron chi connectivity index (χ3n) is 5.53. The van der Waals surface area contributed by atoms with Crippen LogP contribution in [0.3, 0.4) is 0 Å². The highest BCUT2D eigenvalue weighted by Crippen LogP contribution is 2.38. The van der Waals surface area contributed by atoms with E-state index in [1.54, 1.807) is 0 Å². The summed E-state index contributed by atoms with van der Waals surface area (Å²) in [5.74, 6) is 0. The van der Waals surface area contributed by atoms with Crippen LogP contribution in [0.5, 0.6) is 0 Å². The van der Waals surface area contributed by atoms with Gasteiger partial charge in [-0.3, -0.25) is 9.80 Å². The van der Waals surface area contributed by atoms with Gasteiger partial charge in [0.1, 0.15) is 0 Å². The van der Waals surface area contributed by atoms with E-state index in [0.29, 0.717) is 18.6 Å². The maximum Gasteiger partial charge on any atom is 0.0482 e. The highest BCUT2D eigenvalue weighted by Gasteiger charge is 2.34. The normalized spacial score (nSPS) is 25.0. The third kappa shape index (κ3) is 2.59. The van der Waals surface area contributed by atoms with Gasteiger partial charge in [-0.15, -0.1) is 0 Å². The van der Waals surface area contributed by atoms with Crippen LogP contribution in [-0.4, -0.2) is 36.5 Å². The van der Waals surface area contributed by atoms with Gasteiger partial charge in [-0.05, 0) is 35.7 Å². The van der Waals surface area contributed by atoms with Crippen LogP contribution in [0.25, 0.3) is 0 Å². The van der Waals surface area contributed by atoms with Gasteiger partial charge in [-0.25, -0.2) is 0 Å². The summed E-state index contributed by atoms with van der Waals surface area (Å²) in [5.41, 5.74) is 11.9. The maximum atomic E-state index is 6.04. The zero-order valence-corrected chi connectivity index (χ0v) is 13.8. The molecule has 0 amide bonds. The molecule has 120 valence electrons. The fourth-order valence-electron chi connectivity index (χ4n) is 4.26. The summed E-state index contributed by atoms with van der Waals surface area (Å²) < 4.78 is 0. The summed E-state index contributed by atoms with van der Waals surface area (Å²) in [7, 11) is 2.21. The highest BCUT2D eigenvalue weighted by molar-refractivity contribution is 5.37. The van der Waals surface area contributed by atoms with E-state index in [0.717, 1.165) is 26.1 Å². The second-order valence-electron chi connectivity index (χ2n) is 6.82. The topological polar surface area (TPSA) is 32.5 Å². The molecule has 0 bridgehead atoms. The molecular weight excluding hydrogens is 282 g/mol. The van der Waals surface area contributed by atoms with Crippen LogP contribution in [0.15, 0.2) is 48.5 Å². The summed E-state index contributed by atoms with van der Waals surface area (Å²) in [6.07, 6.45) is 1.15. The Bertz CT molecular complexity index is 697. The fraction of sp³-hybridized carbons (Fsp3) is 0.400. The number of nitrogens with zero attached hydrogens (tertiary/aromatic N) is 2. The summed E-state index contributed by atoms with van der Waals surface area (Å²) in [6, 6.07) is 18.6. The molecule has 2 aromatic carbocycles. The van der Waals surface area contributed by atoms with Crippen molar-refractivity contribution in [2.75, 3.05) is 26.7 Å². The van der Waals surface area contributed by atoms with Gasteiger partial charge in [0.05, 0.1) is 0 Å². The van der Waals surface area contributed by atoms with Crippen molar-refractivity contribution in [2.45, 2.75) is 25.0 Å². The van der Waals surface area contributed by atoms with Gasteiger partial charge in [-0.2, -0.15) is 0 Å². The van der Waals surface area contributed by atoms with E-state index in [4.69, 9.17) is 5.73 Å². The minimum atomic E-state index is 0.347. The van der Waals surface area contributed by atoms with Gasteiger partial charge in [0.2, 0.25) is 0 Å². The summed E-state index contributed by atoms with van der Waals surface area (Å²) >= 11 is 0. The smallest absolute Gasteiger partial charge is 0.0482 e. The molecule has 23 heavy (non-hydrogen) atoms. The van der Waals surface area contributed by atoms with Gasteiger partial charge < -0.3 is 5.73 Å². The molecule has 4 rings (SSSR count). The molecule has 0 aromatic heterocycles. The second-order valence-corrected chi connectivity index (χ2v) is 6.82. The first-order valence-corrected chi connectivity index (χ1v) is 8.58. The molecular formula is C20H25N3. The molecule has 0 saturated heterocycles. The molecule has 0 fully saturated rings. The van der Waals surface area contributed by atoms with Crippen molar-refractivity contribution in [3.8, 4) is 0 Å². The summed E-state index contributed by atoms with van der Waals surface area (Å²) in [5, 5.41) is 0. The van der Waals surface area contributed by atoms with Crippen molar-refractivity contribution >= 4 is 0 Å². The molecule has 2 atom stereocenters. The Kier molecular flexibility index (Phi) is 3.93. The Morgan fingerprint density at radius 2 is 1.70 bits per heavy atom. The Labute approximate surface area is 138 Å². The minimum absolute atomic E-state index is 0.347. The lowest BCUT2D eigenvalue weighted by molar-refractivity contribution is 0.101. The molecule has 3 heteroatoms. The molecule has 3 nitrogen and oxygen atoms in total. The van der Waals surface area contributed by atoms with Crippen molar-refractivity contribution in [1.29, 1.82) is 0 Å². The summed E-state index contributed by atoms with van der Waals surface area (Å²) in [4.78, 5) is 5.07. The van der Waals surface area contributed by atoms with Crippen LogP contribution in [0, 0.1) is 0 Å². The van der Waals surface area contributed by atoms with E-state index in [1.807, 2.05) is 0 Å². The molecule has 2 aliphatic rings. The first-order chi connectivity index (χ1) is 11.3. The van der Waals surface area contributed by atoms with Gasteiger partial charge in [0.25, 0.3) is 0 Å². The Morgan fingerprint density at radius 3 is 2.48 bits per heavy atom. The monoisotopic (exact) mass is 307 g/mol. The Hall–Kier alpha value is -1.68. The van der Waals surface area contributed by atoms with Gasteiger partial charge in [0.15, 0.2) is 0 Å². The van der Waals surface area contributed by atoms with E-state index >= 15 is 0 Å². The summed E-state index contributed by atoms with van der Waals surface area (Å²) in [6.45, 7) is 3.93. The Balaban J connectivity index is 1.67. The molecule has 0 spiro atoms. The number of benzene rings is 2. The van der Waals surface area contributed by atoms with Crippen molar-refractivity contribution in [3.05, 3.63) is 70.8 Å². The molecule has 0 aliphatic carbocycles. The zero-order chi connectivity index (χ0) is 15.8. The molecule has 0 radical (unpaired) electrons. The van der Waals surface area contributed by atoms with Crippen molar-refractivity contribution in [1.82, 2.24) is 9.80 Å². The predicted molar refractivity (Wildman–Crippen MR) is 94.2 cm³/mol. The lowest BCUT2D eigenvalue weighted by Crippen LogP contribution is -2.46. The number of likely N-dealkylation sites (N-methyl/N-ethyl adjacent to an activating group) is 1. The number of hydrogen-bond acceptors (Lipinski definition) is 3. The van der Waals surface area contributed by atoms with Gasteiger partial charge in [0, 0.05) is 38.3 Å². The van der Waals surface area contributed by atoms with Gasteiger partial charge >= 0.3 is 0 Å². The largest absolute Gasteiger partial charge is 0.329 e. The average molecular weight is 307 g/mol. The van der Waals surface area contributed by atoms with E-state index < -0.39 is 0 Å². The number of rotatable bonds is 2. The molecule has 2 N–H and O–H groups in total. The highest BCUT2D eigenvalue weighted by atomic mass is 15.2. The lowest BCUT2D eigenvalue weighted by atomic mass is 9.87. The van der Waals surface area contributed by atoms with Crippen LogP contribution < -0.4 is 5.73 Å². The average Bonchev–Trinajstić information content (AvgIpc) is 2.60. The quantitative estimate of drug-likeness (QED) is 0.926. The van der Waals surface area contributed by atoms with Crippen LogP contribution in [0.1, 0.15) is 34.3 Å². The number of hydrogen-bond donors (Lipinski definition) is 1. The molecule has 2 aromatic rings. The third-order valence-corrected chi connectivity index (χ3v) is 5.53. The zero-order valence-electron chi connectivity index (χ0n) is 13.8. The molecule has 0 saturated carbocycles.